The Balaban J connectivity index is -0.0000000450. The third-order valence-corrected chi connectivity index (χ3v) is 0. The van der Waals surface area contributed by atoms with Gasteiger partial charge in [-0.3, -0.25) is 0 Å². The molecular weight excluding hydrogens is 418 g/mol. The van der Waals surface area contributed by atoms with Gasteiger partial charge in [-0.05, 0) is 18.5 Å². The van der Waals surface area contributed by atoms with Crippen LogP contribution in [-0.2, 0) is 0 Å². The Kier molecular flexibility index (Phi) is 29.8. The van der Waals surface area contributed by atoms with Gasteiger partial charge in [0, 0.05) is 31.1 Å². The molecule has 13 heavy (non-hydrogen) atoms. The maximum atomic E-state index is 8.33. The number of carboxylic acid groups (broad SMARTS) is 6. The largest absolute Gasteiger partial charge is 0.652 e. The van der Waals surface area contributed by atoms with E-state index in [0.717, 1.165) is 0 Å². The Morgan fingerprint density at radius 3 is 0.538 bits per heavy atom. The van der Waals surface area contributed by atoms with E-state index in [2.05, 4.69) is 0 Å². The molecule has 0 aliphatic rings. The second-order valence-corrected chi connectivity index (χ2v) is 0.750. The van der Waals surface area contributed by atoms with E-state index < -0.39 is 18.5 Å². The van der Waals surface area contributed by atoms with E-state index in [4.69, 9.17) is 45.0 Å². The summed E-state index contributed by atoms with van der Waals surface area (Å²) in [7, 11) is 0. The summed E-state index contributed by atoms with van der Waals surface area (Å²) in [6.07, 6.45) is -7.00. The Morgan fingerprint density at radius 1 is 0.538 bits per heavy atom. The summed E-state index contributed by atoms with van der Waals surface area (Å²) < 4.78 is 0. The van der Waals surface area contributed by atoms with Gasteiger partial charge in [-0.15, -0.1) is 0 Å². The Hall–Kier alpha value is -1.14. The van der Waals surface area contributed by atoms with Crippen LogP contribution in [0, 0.1) is 31.1 Å². The maximum absolute atomic E-state index is 8.33. The van der Waals surface area contributed by atoms with Gasteiger partial charge in [0.15, 0.2) is 0 Å². The van der Waals surface area contributed by atoms with Gasteiger partial charge in [-0.25, -0.2) is 0 Å². The summed E-state index contributed by atoms with van der Waals surface area (Å²) in [5.74, 6) is 0. The third-order valence-electron chi connectivity index (χ3n) is 0. The molecule has 76 valence electrons. The summed E-state index contributed by atoms with van der Waals surface area (Å²) >= 11 is 0. The molecular formula is C3O9U-6. The predicted molar refractivity (Wildman–Crippen MR) is 16.2 cm³/mol. The normalized spacial score (nSPS) is 5.54. The molecule has 9 nitrogen and oxygen atoms in total. The number of hydrogen-bond donors (Lipinski definition) is 0. The van der Waals surface area contributed by atoms with E-state index >= 15 is 0 Å². The Labute approximate surface area is 94.6 Å². The number of rotatable bonds is 0. The van der Waals surface area contributed by atoms with Crippen LogP contribution in [0.3, 0.4) is 0 Å². The monoisotopic (exact) mass is 418 g/mol. The zero-order valence-electron chi connectivity index (χ0n) is 5.67. The molecule has 0 N–H and O–H groups in total. The first-order valence-corrected chi connectivity index (χ1v) is 1.84. The van der Waals surface area contributed by atoms with Crippen LogP contribution in [0.4, 0.5) is 14.4 Å². The van der Waals surface area contributed by atoms with E-state index in [1.807, 2.05) is 0 Å². The van der Waals surface area contributed by atoms with Gasteiger partial charge in [0.2, 0.25) is 0 Å². The number of carbonyl (C=O) groups excluding carboxylic acids is 3. The van der Waals surface area contributed by atoms with Crippen LogP contribution in [0.2, 0.25) is 0 Å². The van der Waals surface area contributed by atoms with E-state index in [-0.39, 0.29) is 31.1 Å². The standard InChI is InChI=1S/3CH2O3.U/c3*2-1(3)4;/h3*(H2,2,3,4);/p-6. The van der Waals surface area contributed by atoms with Crippen molar-refractivity contribution in [2.45, 2.75) is 0 Å². The van der Waals surface area contributed by atoms with E-state index in [0.29, 0.717) is 0 Å². The SMILES string of the molecule is O=C([O-])[O-].O=C([O-])[O-].O=C([O-])[O-].[U]. The predicted octanol–water partition coefficient (Wildman–Crippen LogP) is -7.34. The average molecular weight is 418 g/mol. The van der Waals surface area contributed by atoms with Crippen molar-refractivity contribution >= 4 is 18.5 Å². The van der Waals surface area contributed by atoms with E-state index in [9.17, 15) is 0 Å². The molecule has 0 saturated heterocycles. The first-order valence-electron chi connectivity index (χ1n) is 1.84. The maximum Gasteiger partial charge on any atom is 0 e. The summed E-state index contributed by atoms with van der Waals surface area (Å²) in [4.78, 5) is 25.0. The van der Waals surface area contributed by atoms with Crippen LogP contribution >= 0.6 is 0 Å². The molecule has 0 aromatic carbocycles. The van der Waals surface area contributed by atoms with Gasteiger partial charge in [0.1, 0.15) is 0 Å². The summed E-state index contributed by atoms with van der Waals surface area (Å²) in [6, 6.07) is 0. The van der Waals surface area contributed by atoms with Crippen LogP contribution in [0.1, 0.15) is 0 Å². The molecule has 0 aliphatic heterocycles. The van der Waals surface area contributed by atoms with Crippen LogP contribution in [-0.4, -0.2) is 18.5 Å². The van der Waals surface area contributed by atoms with Gasteiger partial charge in [-0.2, -0.15) is 0 Å². The average Bonchev–Trinajstić information content (AvgIpc) is 1.54. The Morgan fingerprint density at radius 2 is 0.538 bits per heavy atom. The molecule has 0 fully saturated rings. The van der Waals surface area contributed by atoms with Crippen molar-refractivity contribution < 1.29 is 76.1 Å². The van der Waals surface area contributed by atoms with Gasteiger partial charge in [-0.1, -0.05) is 0 Å². The fourth-order valence-corrected chi connectivity index (χ4v) is 0. The molecule has 0 saturated carbocycles. The van der Waals surface area contributed by atoms with Crippen LogP contribution < -0.4 is 30.6 Å². The summed E-state index contributed by atoms with van der Waals surface area (Å²) in [5.41, 5.74) is 0. The zero-order valence-corrected chi connectivity index (χ0v) is 9.84. The van der Waals surface area contributed by atoms with Crippen LogP contribution in [0.25, 0.3) is 0 Å². The smallest absolute Gasteiger partial charge is 0 e. The molecule has 0 radical (unpaired) electrons. The van der Waals surface area contributed by atoms with Crippen molar-refractivity contribution in [3.63, 3.8) is 0 Å². The van der Waals surface area contributed by atoms with Crippen molar-refractivity contribution in [1.29, 1.82) is 0 Å². The second-order valence-electron chi connectivity index (χ2n) is 0.750. The molecule has 0 spiro atoms. The summed E-state index contributed by atoms with van der Waals surface area (Å²) in [5, 5.41) is 50.0. The molecule has 0 aromatic rings. The minimum atomic E-state index is -2.33. The number of carbonyl (C=O) groups is 3. The van der Waals surface area contributed by atoms with E-state index in [1.54, 1.807) is 0 Å². The van der Waals surface area contributed by atoms with Crippen LogP contribution in [0.15, 0.2) is 0 Å². The fourth-order valence-electron chi connectivity index (χ4n) is 0. The molecule has 0 aliphatic carbocycles. The number of hydrogen-bond acceptors (Lipinski definition) is 9. The second kappa shape index (κ2) is 17.1. The van der Waals surface area contributed by atoms with Gasteiger partial charge in [0.05, 0.1) is 0 Å². The van der Waals surface area contributed by atoms with Crippen molar-refractivity contribution in [2.24, 2.45) is 0 Å². The van der Waals surface area contributed by atoms with Crippen molar-refractivity contribution in [2.75, 3.05) is 0 Å². The minimum absolute atomic E-state index is 0. The van der Waals surface area contributed by atoms with Gasteiger partial charge < -0.3 is 45.0 Å². The van der Waals surface area contributed by atoms with Crippen molar-refractivity contribution in [3.05, 3.63) is 0 Å². The minimum Gasteiger partial charge on any atom is -0.652 e. The molecule has 0 bridgehead atoms. The molecule has 10 heteroatoms. The van der Waals surface area contributed by atoms with Crippen molar-refractivity contribution in [3.8, 4) is 0 Å². The fraction of sp³-hybridized carbons (Fsp3) is 0. The molecule has 0 amide bonds. The first kappa shape index (κ1) is 22.6. The summed E-state index contributed by atoms with van der Waals surface area (Å²) in [6.45, 7) is 0. The molecule has 0 rings (SSSR count). The van der Waals surface area contributed by atoms with Crippen molar-refractivity contribution in [1.82, 2.24) is 0 Å². The molecule has 0 atom stereocenters. The zero-order chi connectivity index (χ0) is 10.7. The quantitative estimate of drug-likeness (QED) is 0.368. The molecule has 0 heterocycles. The molecule has 0 unspecified atom stereocenters. The van der Waals surface area contributed by atoms with Gasteiger partial charge in [0.25, 0.3) is 0 Å². The molecule has 0 aromatic heterocycles. The topological polar surface area (TPSA) is 190 Å². The van der Waals surface area contributed by atoms with E-state index in [1.165, 1.54) is 0 Å². The third kappa shape index (κ3) is 659. The Bertz CT molecular complexity index is 112. The first-order chi connectivity index (χ1) is 5.20. The van der Waals surface area contributed by atoms with Crippen LogP contribution in [0.5, 0.6) is 0 Å². The van der Waals surface area contributed by atoms with Gasteiger partial charge >= 0.3 is 0 Å².